The lowest BCUT2D eigenvalue weighted by molar-refractivity contribution is -0.130. The quantitative estimate of drug-likeness (QED) is 0.132. The fourth-order valence-electron chi connectivity index (χ4n) is 4.59. The summed E-state index contributed by atoms with van der Waals surface area (Å²) in [6.07, 6.45) is 5.99. The van der Waals surface area contributed by atoms with Crippen LogP contribution in [0.1, 0.15) is 56.9 Å². The van der Waals surface area contributed by atoms with E-state index in [1.165, 1.54) is 0 Å². The number of nitrogens with one attached hydrogen (secondary N) is 2. The van der Waals surface area contributed by atoms with Crippen LogP contribution in [0, 0.1) is 0 Å². The van der Waals surface area contributed by atoms with Gasteiger partial charge in [0.1, 0.15) is 0 Å². The molecule has 0 heterocycles. The summed E-state index contributed by atoms with van der Waals surface area (Å²) in [7, 11) is 0. The highest BCUT2D eigenvalue weighted by molar-refractivity contribution is 5.90. The summed E-state index contributed by atoms with van der Waals surface area (Å²) in [5, 5.41) is 7.92. The number of amides is 3. The van der Waals surface area contributed by atoms with E-state index in [1.54, 1.807) is 0 Å². The highest BCUT2D eigenvalue weighted by Crippen LogP contribution is 2.19. The average molecular weight is 556 g/mol. The van der Waals surface area contributed by atoms with E-state index in [4.69, 9.17) is 22.9 Å². The number of rotatable bonds is 20. The van der Waals surface area contributed by atoms with Crippen molar-refractivity contribution >= 4 is 28.5 Å². The molecule has 3 amide bonds. The molecule has 2 rings (SSSR count). The maximum atomic E-state index is 13.4. The molecule has 40 heavy (non-hydrogen) atoms. The summed E-state index contributed by atoms with van der Waals surface area (Å²) < 4.78 is 0. The Balaban J connectivity index is 1.91. The molecule has 222 valence electrons. The van der Waals surface area contributed by atoms with Crippen molar-refractivity contribution in [2.75, 3.05) is 39.3 Å². The number of carbonyl (C=O) groups excluding carboxylic acids is 3. The van der Waals surface area contributed by atoms with Gasteiger partial charge < -0.3 is 38.5 Å². The van der Waals surface area contributed by atoms with Crippen molar-refractivity contribution in [1.82, 2.24) is 15.5 Å². The van der Waals surface area contributed by atoms with Crippen LogP contribution < -0.4 is 33.6 Å². The van der Waals surface area contributed by atoms with Crippen molar-refractivity contribution in [1.29, 1.82) is 0 Å². The lowest BCUT2D eigenvalue weighted by Gasteiger charge is -2.24. The third-order valence-electron chi connectivity index (χ3n) is 6.99. The fraction of sp³-hybridized carbons (Fsp3) is 0.567. The standard InChI is InChI=1S/C30H49N7O3/c31-16-5-3-14-26(33)29(39)35-18-8-20-37(21-9-19-36-30(40)27(34)15-4-6-17-32)28(38)22-24-12-7-11-23-10-1-2-13-25(23)24/h1-2,7,10-13,26-27H,3-6,8-9,14-22,31-34H2,(H,35,39)(H,36,40)/t26-,27-/m0/s1. The minimum atomic E-state index is -0.555. The first-order valence-electron chi connectivity index (χ1n) is 14.6. The van der Waals surface area contributed by atoms with Gasteiger partial charge >= 0.3 is 0 Å². The van der Waals surface area contributed by atoms with E-state index >= 15 is 0 Å². The zero-order valence-corrected chi connectivity index (χ0v) is 23.8. The van der Waals surface area contributed by atoms with Crippen LogP contribution in [0.2, 0.25) is 0 Å². The third-order valence-corrected chi connectivity index (χ3v) is 6.99. The van der Waals surface area contributed by atoms with Gasteiger partial charge in [-0.1, -0.05) is 55.3 Å². The lowest BCUT2D eigenvalue weighted by atomic mass is 10.0. The van der Waals surface area contributed by atoms with Crippen LogP contribution in [-0.2, 0) is 20.8 Å². The molecule has 0 radical (unpaired) electrons. The van der Waals surface area contributed by atoms with Crippen LogP contribution in [0.3, 0.4) is 0 Å². The van der Waals surface area contributed by atoms with Gasteiger partial charge in [0.05, 0.1) is 18.5 Å². The van der Waals surface area contributed by atoms with Crippen molar-refractivity contribution in [3.63, 3.8) is 0 Å². The molecule has 2 atom stereocenters. The topological polar surface area (TPSA) is 183 Å². The van der Waals surface area contributed by atoms with E-state index in [1.807, 2.05) is 47.4 Å². The van der Waals surface area contributed by atoms with Gasteiger partial charge in [-0.2, -0.15) is 0 Å². The number of benzene rings is 2. The largest absolute Gasteiger partial charge is 0.355 e. The second-order valence-electron chi connectivity index (χ2n) is 10.3. The molecule has 10 nitrogen and oxygen atoms in total. The highest BCUT2D eigenvalue weighted by atomic mass is 16.2. The molecular formula is C30H49N7O3. The molecule has 0 aliphatic heterocycles. The van der Waals surface area contributed by atoms with E-state index < -0.39 is 12.1 Å². The maximum Gasteiger partial charge on any atom is 0.236 e. The van der Waals surface area contributed by atoms with Gasteiger partial charge in [-0.25, -0.2) is 0 Å². The summed E-state index contributed by atoms with van der Waals surface area (Å²) in [5.74, 6) is -0.363. The van der Waals surface area contributed by atoms with Crippen molar-refractivity contribution in [3.8, 4) is 0 Å². The number of nitrogens with two attached hydrogens (primary N) is 4. The molecule has 0 unspecified atom stereocenters. The van der Waals surface area contributed by atoms with Gasteiger partial charge in [-0.15, -0.1) is 0 Å². The lowest BCUT2D eigenvalue weighted by Crippen LogP contribution is -2.43. The third kappa shape index (κ3) is 12.0. The average Bonchev–Trinajstić information content (AvgIpc) is 2.96. The van der Waals surface area contributed by atoms with Gasteiger partial charge in [-0.3, -0.25) is 14.4 Å². The summed E-state index contributed by atoms with van der Waals surface area (Å²) in [4.78, 5) is 39.8. The van der Waals surface area contributed by atoms with E-state index in [2.05, 4.69) is 10.6 Å². The van der Waals surface area contributed by atoms with E-state index in [-0.39, 0.29) is 24.1 Å². The Kier molecular flexibility index (Phi) is 15.8. The SMILES string of the molecule is NCCCC[C@H](N)C(=O)NCCCN(CCCNC(=O)[C@@H](N)CCCCN)C(=O)Cc1cccc2ccccc12. The minimum Gasteiger partial charge on any atom is -0.355 e. The summed E-state index contributed by atoms with van der Waals surface area (Å²) >= 11 is 0. The Morgan fingerprint density at radius 1 is 0.700 bits per heavy atom. The number of carbonyl (C=O) groups is 3. The molecule has 0 bridgehead atoms. The first-order chi connectivity index (χ1) is 19.4. The van der Waals surface area contributed by atoms with Gasteiger partial charge in [0.15, 0.2) is 0 Å². The maximum absolute atomic E-state index is 13.4. The van der Waals surface area contributed by atoms with Crippen LogP contribution in [0.15, 0.2) is 42.5 Å². The van der Waals surface area contributed by atoms with Crippen LogP contribution in [0.4, 0.5) is 0 Å². The molecule has 10 heteroatoms. The number of unbranched alkanes of at least 4 members (excludes halogenated alkanes) is 2. The van der Waals surface area contributed by atoms with Gasteiger partial charge in [-0.05, 0) is 68.0 Å². The Morgan fingerprint density at radius 3 is 1.77 bits per heavy atom. The molecule has 0 saturated heterocycles. The van der Waals surface area contributed by atoms with Crippen LogP contribution >= 0.6 is 0 Å². The van der Waals surface area contributed by atoms with Crippen LogP contribution in [-0.4, -0.2) is 74.0 Å². The number of fused-ring (bicyclic) bond motifs is 1. The minimum absolute atomic E-state index is 0.00554. The van der Waals surface area contributed by atoms with Crippen molar-refractivity contribution in [2.45, 2.75) is 69.9 Å². The number of hydrogen-bond donors (Lipinski definition) is 6. The number of nitrogens with zero attached hydrogens (tertiary/aromatic N) is 1. The van der Waals surface area contributed by atoms with Crippen molar-refractivity contribution < 1.29 is 14.4 Å². The molecule has 0 saturated carbocycles. The van der Waals surface area contributed by atoms with Crippen molar-refractivity contribution in [2.24, 2.45) is 22.9 Å². The predicted molar refractivity (Wildman–Crippen MR) is 161 cm³/mol. The zero-order chi connectivity index (χ0) is 29.2. The Bertz CT molecular complexity index is 1010. The fourth-order valence-corrected chi connectivity index (χ4v) is 4.59. The summed E-state index contributed by atoms with van der Waals surface area (Å²) in [6, 6.07) is 12.9. The Labute approximate surface area is 238 Å². The molecule has 0 aliphatic rings. The molecule has 2 aromatic rings. The van der Waals surface area contributed by atoms with Gasteiger partial charge in [0.25, 0.3) is 0 Å². The highest BCUT2D eigenvalue weighted by Gasteiger charge is 2.17. The van der Waals surface area contributed by atoms with E-state index in [9.17, 15) is 14.4 Å². The Morgan fingerprint density at radius 2 is 1.23 bits per heavy atom. The molecule has 2 aromatic carbocycles. The zero-order valence-electron chi connectivity index (χ0n) is 23.8. The molecule has 0 aromatic heterocycles. The van der Waals surface area contributed by atoms with E-state index in [0.717, 1.165) is 42.0 Å². The molecule has 0 fully saturated rings. The predicted octanol–water partition coefficient (Wildman–Crippen LogP) is 1.14. The Hall–Kier alpha value is -3.05. The van der Waals surface area contributed by atoms with Crippen LogP contribution in [0.25, 0.3) is 10.8 Å². The second-order valence-corrected chi connectivity index (χ2v) is 10.3. The summed E-state index contributed by atoms with van der Waals surface area (Å²) in [6.45, 7) is 2.99. The molecular weight excluding hydrogens is 506 g/mol. The number of hydrogen-bond acceptors (Lipinski definition) is 7. The van der Waals surface area contributed by atoms with Crippen LogP contribution in [0.5, 0.6) is 0 Å². The van der Waals surface area contributed by atoms with Gasteiger partial charge in [0.2, 0.25) is 17.7 Å². The molecule has 0 aliphatic carbocycles. The van der Waals surface area contributed by atoms with E-state index in [0.29, 0.717) is 65.0 Å². The second kappa shape index (κ2) is 19.1. The molecule has 10 N–H and O–H groups in total. The summed E-state index contributed by atoms with van der Waals surface area (Å²) in [5.41, 5.74) is 23.9. The van der Waals surface area contributed by atoms with Gasteiger partial charge in [0, 0.05) is 26.2 Å². The first-order valence-corrected chi connectivity index (χ1v) is 14.6. The normalized spacial score (nSPS) is 12.6. The van der Waals surface area contributed by atoms with Crippen molar-refractivity contribution in [3.05, 3.63) is 48.0 Å². The monoisotopic (exact) mass is 555 g/mol. The first kappa shape index (κ1) is 33.2. The smallest absolute Gasteiger partial charge is 0.236 e. The molecule has 0 spiro atoms.